The van der Waals surface area contributed by atoms with E-state index in [9.17, 15) is 9.18 Å². The summed E-state index contributed by atoms with van der Waals surface area (Å²) < 4.78 is 19.0. The molecule has 5 rings (SSSR count). The molecule has 142 valence electrons. The molecule has 3 aliphatic heterocycles. The van der Waals surface area contributed by atoms with Gasteiger partial charge < -0.3 is 15.0 Å². The van der Waals surface area contributed by atoms with Gasteiger partial charge in [-0.2, -0.15) is 0 Å². The van der Waals surface area contributed by atoms with E-state index in [2.05, 4.69) is 22.4 Å². The van der Waals surface area contributed by atoms with Crippen molar-refractivity contribution in [1.82, 2.24) is 4.90 Å². The van der Waals surface area contributed by atoms with Crippen molar-refractivity contribution in [3.8, 4) is 0 Å². The van der Waals surface area contributed by atoms with E-state index < -0.39 is 0 Å². The average molecular weight is 377 g/mol. The van der Waals surface area contributed by atoms with Crippen molar-refractivity contribution in [3.63, 3.8) is 0 Å². The van der Waals surface area contributed by atoms with E-state index >= 15 is 0 Å². The van der Waals surface area contributed by atoms with E-state index in [1.54, 1.807) is 4.90 Å². The minimum atomic E-state index is -0.354. The third kappa shape index (κ3) is 2.85. The van der Waals surface area contributed by atoms with Crippen molar-refractivity contribution < 1.29 is 13.9 Å². The normalized spacial score (nSPS) is 23.0. The largest absolute Gasteiger partial charge is 0.476 e. The highest BCUT2D eigenvalue weighted by molar-refractivity contribution is 5.99. The van der Waals surface area contributed by atoms with Gasteiger partial charge in [0, 0.05) is 29.9 Å². The maximum absolute atomic E-state index is 13.2. The fourth-order valence-corrected chi connectivity index (χ4v) is 4.22. The Kier molecular flexibility index (Phi) is 4.11. The molecule has 2 atom stereocenters. The zero-order valence-corrected chi connectivity index (χ0v) is 15.3. The van der Waals surface area contributed by atoms with Crippen LogP contribution in [0.2, 0.25) is 0 Å². The van der Waals surface area contributed by atoms with Crippen LogP contribution in [-0.2, 0) is 4.74 Å². The van der Waals surface area contributed by atoms with Gasteiger partial charge in [-0.1, -0.05) is 18.2 Å². The number of anilines is 1. The van der Waals surface area contributed by atoms with E-state index in [0.29, 0.717) is 31.2 Å². The lowest BCUT2D eigenvalue weighted by Gasteiger charge is -2.20. The highest BCUT2D eigenvalue weighted by Gasteiger charge is 2.39. The molecule has 3 aliphatic rings. The van der Waals surface area contributed by atoms with Crippen molar-refractivity contribution >= 4 is 17.5 Å². The number of halogens is 1. The van der Waals surface area contributed by atoms with Crippen LogP contribution in [0.25, 0.3) is 0 Å². The summed E-state index contributed by atoms with van der Waals surface area (Å²) in [4.78, 5) is 19.3. The van der Waals surface area contributed by atoms with Gasteiger partial charge in [0.25, 0.3) is 5.91 Å². The van der Waals surface area contributed by atoms with Crippen molar-refractivity contribution in [3.05, 3.63) is 77.2 Å². The smallest absolute Gasteiger partial charge is 0.257 e. The lowest BCUT2D eigenvalue weighted by molar-refractivity contribution is 0.0821. The summed E-state index contributed by atoms with van der Waals surface area (Å²) in [5.74, 6) is 0.339. The summed E-state index contributed by atoms with van der Waals surface area (Å²) in [5.41, 5.74) is 3.74. The number of ether oxygens (including phenoxy) is 1. The van der Waals surface area contributed by atoms with Crippen LogP contribution >= 0.6 is 0 Å². The minimum absolute atomic E-state index is 0.0141. The zero-order chi connectivity index (χ0) is 19.1. The first-order chi connectivity index (χ1) is 13.7. The number of hydrogen-bond donors (Lipinski definition) is 1. The lowest BCUT2D eigenvalue weighted by atomic mass is 9.88. The molecule has 2 aromatic carbocycles. The number of para-hydroxylation sites is 1. The Morgan fingerprint density at radius 3 is 2.79 bits per heavy atom. The third-order valence-corrected chi connectivity index (χ3v) is 5.57. The van der Waals surface area contributed by atoms with E-state index in [1.807, 2.05) is 18.3 Å². The maximum Gasteiger partial charge on any atom is 0.257 e. The SMILES string of the molecule is O=C(c1ccc(F)cc1)N1C=C(C2=NCCO2)C2Nc3ccccc3C2CC1. The topological polar surface area (TPSA) is 53.9 Å². The van der Waals surface area contributed by atoms with Gasteiger partial charge in [0.15, 0.2) is 0 Å². The van der Waals surface area contributed by atoms with Crippen molar-refractivity contribution in [2.45, 2.75) is 18.4 Å². The number of carbonyl (C=O) groups is 1. The minimum Gasteiger partial charge on any atom is -0.476 e. The Balaban J connectivity index is 1.52. The number of aliphatic imine (C=N–C) groups is 1. The summed E-state index contributed by atoms with van der Waals surface area (Å²) in [6.07, 6.45) is 2.67. The Morgan fingerprint density at radius 1 is 1.18 bits per heavy atom. The van der Waals surface area contributed by atoms with Crippen LogP contribution < -0.4 is 5.32 Å². The van der Waals surface area contributed by atoms with Gasteiger partial charge in [0.2, 0.25) is 5.90 Å². The first-order valence-electron chi connectivity index (χ1n) is 9.52. The molecule has 0 saturated heterocycles. The average Bonchev–Trinajstić information content (AvgIpc) is 3.33. The fraction of sp³-hybridized carbons (Fsp3) is 0.273. The van der Waals surface area contributed by atoms with Gasteiger partial charge in [0.05, 0.1) is 18.2 Å². The van der Waals surface area contributed by atoms with Crippen LogP contribution in [-0.4, -0.2) is 42.4 Å². The summed E-state index contributed by atoms with van der Waals surface area (Å²) in [6.45, 7) is 1.76. The highest BCUT2D eigenvalue weighted by atomic mass is 19.1. The molecule has 0 aliphatic carbocycles. The van der Waals surface area contributed by atoms with Crippen LogP contribution in [0.3, 0.4) is 0 Å². The first kappa shape index (κ1) is 17.0. The van der Waals surface area contributed by atoms with E-state index in [-0.39, 0.29) is 23.7 Å². The Labute approximate surface area is 162 Å². The fourth-order valence-electron chi connectivity index (χ4n) is 4.22. The molecule has 0 radical (unpaired) electrons. The van der Waals surface area contributed by atoms with Gasteiger partial charge in [-0.25, -0.2) is 9.38 Å². The number of amides is 1. The van der Waals surface area contributed by atoms with Gasteiger partial charge >= 0.3 is 0 Å². The second kappa shape index (κ2) is 6.78. The quantitative estimate of drug-likeness (QED) is 0.871. The van der Waals surface area contributed by atoms with E-state index in [0.717, 1.165) is 17.7 Å². The predicted molar refractivity (Wildman–Crippen MR) is 105 cm³/mol. The molecule has 2 unspecified atom stereocenters. The second-order valence-electron chi connectivity index (χ2n) is 7.23. The van der Waals surface area contributed by atoms with Crippen molar-refractivity contribution in [2.24, 2.45) is 4.99 Å². The van der Waals surface area contributed by atoms with Crippen molar-refractivity contribution in [2.75, 3.05) is 25.0 Å². The van der Waals surface area contributed by atoms with Gasteiger partial charge in [-0.15, -0.1) is 0 Å². The predicted octanol–water partition coefficient (Wildman–Crippen LogP) is 3.56. The summed E-state index contributed by atoms with van der Waals surface area (Å²) in [5, 5.41) is 3.59. The first-order valence-corrected chi connectivity index (χ1v) is 9.52. The molecule has 6 heteroatoms. The molecule has 28 heavy (non-hydrogen) atoms. The molecule has 0 saturated carbocycles. The maximum atomic E-state index is 13.2. The molecular formula is C22H20FN3O2. The van der Waals surface area contributed by atoms with Gasteiger partial charge in [0.1, 0.15) is 12.4 Å². The van der Waals surface area contributed by atoms with Crippen LogP contribution in [0.5, 0.6) is 0 Å². The molecule has 0 bridgehead atoms. The van der Waals surface area contributed by atoms with E-state index in [1.165, 1.54) is 29.8 Å². The molecule has 2 aromatic rings. The molecule has 3 heterocycles. The number of benzene rings is 2. The molecule has 1 N–H and O–H groups in total. The summed E-state index contributed by atoms with van der Waals surface area (Å²) in [7, 11) is 0. The summed E-state index contributed by atoms with van der Waals surface area (Å²) >= 11 is 0. The molecule has 5 nitrogen and oxygen atoms in total. The standard InChI is InChI=1S/C22H20FN3O2/c23-15-7-5-14(6-8-15)22(27)26-11-9-17-16-3-1-2-4-19(16)25-20(17)18(13-26)21-24-10-12-28-21/h1-8,13,17,20,25H,9-12H2. The Morgan fingerprint density at radius 2 is 2.00 bits per heavy atom. The van der Waals surface area contributed by atoms with Crippen LogP contribution in [0.4, 0.5) is 10.1 Å². The number of nitrogens with zero attached hydrogens (tertiary/aromatic N) is 2. The van der Waals surface area contributed by atoms with E-state index in [4.69, 9.17) is 4.74 Å². The van der Waals surface area contributed by atoms with Crippen LogP contribution in [0.1, 0.15) is 28.3 Å². The molecular weight excluding hydrogens is 357 g/mol. The van der Waals surface area contributed by atoms with Gasteiger partial charge in [-0.05, 0) is 42.3 Å². The van der Waals surface area contributed by atoms with Gasteiger partial charge in [-0.3, -0.25) is 4.79 Å². The number of hydrogen-bond acceptors (Lipinski definition) is 4. The van der Waals surface area contributed by atoms with Crippen LogP contribution in [0.15, 0.2) is 65.3 Å². The lowest BCUT2D eigenvalue weighted by Crippen LogP contribution is -2.28. The molecule has 0 spiro atoms. The summed E-state index contributed by atoms with van der Waals surface area (Å²) in [6, 6.07) is 14.0. The molecule has 0 fully saturated rings. The van der Waals surface area contributed by atoms with Crippen LogP contribution in [0, 0.1) is 5.82 Å². The Hall–Kier alpha value is -3.15. The molecule has 0 aromatic heterocycles. The number of fused-ring (bicyclic) bond motifs is 3. The second-order valence-corrected chi connectivity index (χ2v) is 7.23. The highest BCUT2D eigenvalue weighted by Crippen LogP contribution is 2.43. The molecule has 1 amide bonds. The zero-order valence-electron chi connectivity index (χ0n) is 15.3. The Bertz CT molecular complexity index is 984. The third-order valence-electron chi connectivity index (χ3n) is 5.57. The number of nitrogens with one attached hydrogen (secondary N) is 1. The number of carbonyl (C=O) groups excluding carboxylic acids is 1. The van der Waals surface area contributed by atoms with Crippen molar-refractivity contribution in [1.29, 1.82) is 0 Å². The monoisotopic (exact) mass is 377 g/mol. The number of rotatable bonds is 2.